The van der Waals surface area contributed by atoms with Gasteiger partial charge < -0.3 is 15.4 Å². The number of hydrogen-bond acceptors (Lipinski definition) is 4. The van der Waals surface area contributed by atoms with Gasteiger partial charge in [0.05, 0.1) is 0 Å². The fourth-order valence-corrected chi connectivity index (χ4v) is 4.17. The molecular formula is C29H31N2O4Si. The Morgan fingerprint density at radius 1 is 0.917 bits per heavy atom. The van der Waals surface area contributed by atoms with Crippen molar-refractivity contribution in [1.29, 1.82) is 0 Å². The van der Waals surface area contributed by atoms with Gasteiger partial charge in [0.2, 0.25) is 6.41 Å². The van der Waals surface area contributed by atoms with Crippen molar-refractivity contribution in [3.8, 4) is 0 Å². The molecular weight excluding hydrogens is 468 g/mol. The first-order valence-electron chi connectivity index (χ1n) is 11.7. The van der Waals surface area contributed by atoms with E-state index in [1.807, 2.05) is 6.07 Å². The van der Waals surface area contributed by atoms with Gasteiger partial charge >= 0.3 is 0 Å². The van der Waals surface area contributed by atoms with Crippen LogP contribution in [0.25, 0.3) is 6.08 Å². The Morgan fingerprint density at radius 2 is 1.64 bits per heavy atom. The Labute approximate surface area is 213 Å². The molecule has 0 spiro atoms. The molecule has 0 unspecified atom stereocenters. The van der Waals surface area contributed by atoms with E-state index in [-0.39, 0.29) is 11.7 Å². The Kier molecular flexibility index (Phi) is 9.50. The van der Waals surface area contributed by atoms with Crippen molar-refractivity contribution in [2.45, 2.75) is 25.7 Å². The molecule has 7 heteroatoms. The van der Waals surface area contributed by atoms with Crippen molar-refractivity contribution in [3.05, 3.63) is 108 Å². The average Bonchev–Trinajstić information content (AvgIpc) is 2.86. The van der Waals surface area contributed by atoms with Crippen molar-refractivity contribution >= 4 is 43.6 Å². The number of rotatable bonds is 12. The standard InChI is InChI=1S/C29H31N2O4Si/c1-36(2,3)19-18-35-17-9-15-25-26(14-8-16-27(25)30-21-32)28(33)23-12-7-13-24(20-23)31-29(34)22-10-5-4-6-11-22/h4-17,20-21H,18-19H2,1-3H3,(H,30,32)(H,31,34). The number of carbonyl (C=O) groups is 3. The molecule has 0 heterocycles. The van der Waals surface area contributed by atoms with Crippen molar-refractivity contribution in [1.82, 2.24) is 0 Å². The smallest absolute Gasteiger partial charge is 0.255 e. The summed E-state index contributed by atoms with van der Waals surface area (Å²) in [5.74, 6) is -0.495. The van der Waals surface area contributed by atoms with Crippen LogP contribution in [0.1, 0.15) is 31.8 Å². The molecule has 0 aliphatic rings. The van der Waals surface area contributed by atoms with Crippen molar-refractivity contribution in [2.24, 2.45) is 0 Å². The minimum absolute atomic E-state index is 0.236. The summed E-state index contributed by atoms with van der Waals surface area (Å²) in [4.78, 5) is 37.2. The summed E-state index contributed by atoms with van der Waals surface area (Å²) >= 11 is 0. The molecule has 0 atom stereocenters. The molecule has 6 nitrogen and oxygen atoms in total. The van der Waals surface area contributed by atoms with E-state index >= 15 is 0 Å². The van der Waals surface area contributed by atoms with E-state index in [9.17, 15) is 14.4 Å². The number of amides is 2. The van der Waals surface area contributed by atoms with Gasteiger partial charge in [-0.3, -0.25) is 14.4 Å². The number of carbonyl (C=O) groups excluding carboxylic acids is 3. The van der Waals surface area contributed by atoms with E-state index in [4.69, 9.17) is 4.74 Å². The molecule has 3 aromatic carbocycles. The van der Waals surface area contributed by atoms with Crippen LogP contribution in [-0.2, 0) is 9.53 Å². The first kappa shape index (κ1) is 26.8. The predicted molar refractivity (Wildman–Crippen MR) is 148 cm³/mol. The van der Waals surface area contributed by atoms with Crippen LogP contribution < -0.4 is 10.6 Å². The molecule has 1 radical (unpaired) electrons. The van der Waals surface area contributed by atoms with Crippen molar-refractivity contribution < 1.29 is 19.1 Å². The van der Waals surface area contributed by atoms with E-state index in [1.54, 1.807) is 85.5 Å². The summed E-state index contributed by atoms with van der Waals surface area (Å²) in [6.45, 7) is 9.10. The summed E-state index contributed by atoms with van der Waals surface area (Å²) in [7, 11) is -1.19. The lowest BCUT2D eigenvalue weighted by Crippen LogP contribution is -2.21. The van der Waals surface area contributed by atoms with Crippen LogP contribution in [0, 0.1) is 6.61 Å². The highest BCUT2D eigenvalue weighted by Gasteiger charge is 2.16. The fourth-order valence-electron chi connectivity index (χ4n) is 3.44. The van der Waals surface area contributed by atoms with Crippen LogP contribution in [0.4, 0.5) is 11.4 Å². The minimum atomic E-state index is -1.19. The molecule has 36 heavy (non-hydrogen) atoms. The van der Waals surface area contributed by atoms with Crippen LogP contribution in [0.3, 0.4) is 0 Å². The molecule has 0 saturated heterocycles. The normalized spacial score (nSPS) is 11.3. The van der Waals surface area contributed by atoms with Crippen LogP contribution in [0.2, 0.25) is 25.7 Å². The van der Waals surface area contributed by atoms with Crippen LogP contribution in [-0.4, -0.2) is 32.8 Å². The molecule has 2 amide bonds. The van der Waals surface area contributed by atoms with E-state index in [0.29, 0.717) is 46.6 Å². The highest BCUT2D eigenvalue weighted by Crippen LogP contribution is 2.25. The Bertz CT molecular complexity index is 1230. The maximum atomic E-state index is 13.5. The molecule has 3 rings (SSSR count). The molecule has 0 bridgehead atoms. The summed E-state index contributed by atoms with van der Waals surface area (Å²) in [6.07, 6.45) is 4.05. The highest BCUT2D eigenvalue weighted by molar-refractivity contribution is 6.76. The maximum Gasteiger partial charge on any atom is 0.255 e. The second-order valence-electron chi connectivity index (χ2n) is 9.44. The highest BCUT2D eigenvalue weighted by atomic mass is 28.3. The maximum absolute atomic E-state index is 13.5. The predicted octanol–water partition coefficient (Wildman–Crippen LogP) is 6.27. The molecule has 185 valence electrons. The van der Waals surface area contributed by atoms with Crippen LogP contribution >= 0.6 is 0 Å². The van der Waals surface area contributed by atoms with E-state index in [0.717, 1.165) is 6.04 Å². The van der Waals surface area contributed by atoms with E-state index in [1.165, 1.54) is 0 Å². The zero-order chi connectivity index (χ0) is 26.0. The summed E-state index contributed by atoms with van der Waals surface area (Å²) in [6, 6.07) is 21.8. The summed E-state index contributed by atoms with van der Waals surface area (Å²) in [5.41, 5.74) is 2.94. The second-order valence-corrected chi connectivity index (χ2v) is 15.1. The van der Waals surface area contributed by atoms with Crippen LogP contribution in [0.15, 0.2) is 78.9 Å². The number of ether oxygens (including phenoxy) is 1. The fraction of sp³-hybridized carbons (Fsp3) is 0.172. The number of hydrogen-bond donors (Lipinski definition) is 2. The molecule has 0 aliphatic carbocycles. The van der Waals surface area contributed by atoms with E-state index < -0.39 is 8.07 Å². The second kappa shape index (κ2) is 12.8. The van der Waals surface area contributed by atoms with Gasteiger partial charge in [-0.15, -0.1) is 0 Å². The average molecular weight is 500 g/mol. The van der Waals surface area contributed by atoms with Crippen molar-refractivity contribution in [3.63, 3.8) is 0 Å². The first-order valence-corrected chi connectivity index (χ1v) is 15.4. The number of nitrogens with one attached hydrogen (secondary N) is 2. The number of anilines is 2. The third-order valence-corrected chi connectivity index (χ3v) is 7.10. The van der Waals surface area contributed by atoms with Gasteiger partial charge in [0.15, 0.2) is 5.78 Å². The molecule has 3 aromatic rings. The van der Waals surface area contributed by atoms with Gasteiger partial charge in [-0.2, -0.15) is 0 Å². The zero-order valence-electron chi connectivity index (χ0n) is 20.8. The van der Waals surface area contributed by atoms with Crippen LogP contribution in [0.5, 0.6) is 0 Å². The lowest BCUT2D eigenvalue weighted by Gasteiger charge is -2.14. The third kappa shape index (κ3) is 7.86. The molecule has 2 N–H and O–H groups in total. The largest absolute Gasteiger partial charge is 0.371 e. The minimum Gasteiger partial charge on any atom is -0.371 e. The molecule has 0 fully saturated rings. The Balaban J connectivity index is 1.80. The first-order chi connectivity index (χ1) is 17.3. The molecule has 0 aromatic heterocycles. The lowest BCUT2D eigenvalue weighted by molar-refractivity contribution is -0.105. The van der Waals surface area contributed by atoms with Gasteiger partial charge in [0.1, 0.15) is 6.61 Å². The summed E-state index contributed by atoms with van der Waals surface area (Å²) in [5, 5.41) is 5.49. The Morgan fingerprint density at radius 3 is 2.36 bits per heavy atom. The van der Waals surface area contributed by atoms with E-state index in [2.05, 4.69) is 30.3 Å². The quantitative estimate of drug-likeness (QED) is 0.133. The van der Waals surface area contributed by atoms with Gasteiger partial charge in [-0.1, -0.05) is 74.3 Å². The van der Waals surface area contributed by atoms with Gasteiger partial charge in [0.25, 0.3) is 5.91 Å². The topological polar surface area (TPSA) is 84.5 Å². The number of benzene rings is 3. The molecule has 0 aliphatic heterocycles. The third-order valence-electron chi connectivity index (χ3n) is 5.39. The van der Waals surface area contributed by atoms with Gasteiger partial charge in [-0.05, 0) is 36.4 Å². The lowest BCUT2D eigenvalue weighted by atomic mass is 9.96. The van der Waals surface area contributed by atoms with Crippen molar-refractivity contribution in [2.75, 3.05) is 17.2 Å². The zero-order valence-corrected chi connectivity index (χ0v) is 21.8. The monoisotopic (exact) mass is 499 g/mol. The Hall–Kier alpha value is -3.81. The van der Waals surface area contributed by atoms with Gasteiger partial charge in [0, 0.05) is 48.3 Å². The van der Waals surface area contributed by atoms with Gasteiger partial charge in [-0.25, -0.2) is 0 Å². The SMILES string of the molecule is C[Si](C)(C)CCO[CH]C=Cc1c(NC=O)cccc1C(=O)c1cccc(NC(=O)c2ccccc2)c1. The molecule has 0 saturated carbocycles. The number of ketones is 1. The summed E-state index contributed by atoms with van der Waals surface area (Å²) < 4.78 is 5.61.